The molecule has 11 nitrogen and oxygen atoms in total. The second-order valence-electron chi connectivity index (χ2n) is 11.4. The second kappa shape index (κ2) is 10.6. The molecule has 0 saturated heterocycles. The van der Waals surface area contributed by atoms with E-state index < -0.39 is 6.03 Å². The summed E-state index contributed by atoms with van der Waals surface area (Å²) in [6.45, 7) is 8.06. The van der Waals surface area contributed by atoms with Gasteiger partial charge in [0.15, 0.2) is 11.5 Å². The lowest BCUT2D eigenvalue weighted by molar-refractivity contribution is 0.262. The van der Waals surface area contributed by atoms with E-state index >= 15 is 0 Å². The van der Waals surface area contributed by atoms with Crippen molar-refractivity contribution in [1.82, 2.24) is 24.1 Å². The van der Waals surface area contributed by atoms with Gasteiger partial charge in [-0.05, 0) is 61.7 Å². The van der Waals surface area contributed by atoms with Crippen molar-refractivity contribution in [2.24, 2.45) is 0 Å². The van der Waals surface area contributed by atoms with Crippen LogP contribution < -0.4 is 20.7 Å². The topological polar surface area (TPSA) is 134 Å². The van der Waals surface area contributed by atoms with E-state index in [9.17, 15) is 10.1 Å². The maximum atomic E-state index is 13.1. The Bertz CT molecular complexity index is 1840. The molecule has 0 unspecified atom stereocenters. The molecule has 11 heteroatoms. The number of nitrogens with one attached hydrogen (secondary N) is 3. The number of carbonyl (C=O) groups is 1. The van der Waals surface area contributed by atoms with Crippen LogP contribution in [-0.4, -0.2) is 36.2 Å². The first-order valence-corrected chi connectivity index (χ1v) is 13.7. The molecule has 1 aliphatic carbocycles. The number of nitrogens with zero attached hydrogens (tertiary/aromatic N) is 6. The van der Waals surface area contributed by atoms with Gasteiger partial charge in [0, 0.05) is 35.6 Å². The fourth-order valence-corrected chi connectivity index (χ4v) is 4.47. The molecule has 212 valence electrons. The van der Waals surface area contributed by atoms with Gasteiger partial charge in [-0.3, -0.25) is 9.72 Å². The molecule has 42 heavy (non-hydrogen) atoms. The SMILES string of the molecule is Cc1cc(NC(=O)Nc2cc(C(C)(C)C)nn2-c2cccc(C#N)c2)ccc1Oc1cnc(NC2CC2)c2nccn12. The molecule has 3 N–H and O–H groups in total. The number of hydrogen-bond donors (Lipinski definition) is 3. The van der Waals surface area contributed by atoms with Crippen molar-refractivity contribution >= 4 is 29.0 Å². The average Bonchev–Trinajstić information content (AvgIpc) is 3.44. The van der Waals surface area contributed by atoms with Crippen molar-refractivity contribution in [1.29, 1.82) is 5.26 Å². The number of carbonyl (C=O) groups excluding carboxylic acids is 1. The molecule has 0 aliphatic heterocycles. The van der Waals surface area contributed by atoms with Crippen molar-refractivity contribution in [2.75, 3.05) is 16.0 Å². The zero-order valence-corrected chi connectivity index (χ0v) is 23.8. The van der Waals surface area contributed by atoms with Crippen LogP contribution in [0.4, 0.5) is 22.1 Å². The monoisotopic (exact) mass is 561 g/mol. The number of urea groups is 1. The first kappa shape index (κ1) is 26.8. The lowest BCUT2D eigenvalue weighted by atomic mass is 9.92. The third-order valence-electron chi connectivity index (χ3n) is 6.90. The molecular weight excluding hydrogens is 530 g/mol. The van der Waals surface area contributed by atoms with Gasteiger partial charge in [-0.2, -0.15) is 10.4 Å². The highest BCUT2D eigenvalue weighted by Crippen LogP contribution is 2.31. The third-order valence-corrected chi connectivity index (χ3v) is 6.90. The minimum Gasteiger partial charge on any atom is -0.438 e. The van der Waals surface area contributed by atoms with Crippen molar-refractivity contribution < 1.29 is 9.53 Å². The largest absolute Gasteiger partial charge is 0.438 e. The lowest BCUT2D eigenvalue weighted by Gasteiger charge is -2.14. The standard InChI is InChI=1S/C31H31N9O2/c1-19-14-22(10-11-24(19)42-27-18-34-28(35-21-8-9-21)29-33-12-13-39(27)29)36-30(41)37-26-16-25(31(2,3)4)38-40(26)23-7-5-6-20(15-23)17-32/h5-7,10-16,18,21H,8-9H2,1-4H3,(H,34,35)(H2,36,37,41). The van der Waals surface area contributed by atoms with Crippen LogP contribution >= 0.6 is 0 Å². The van der Waals surface area contributed by atoms with Gasteiger partial charge in [-0.15, -0.1) is 0 Å². The highest BCUT2D eigenvalue weighted by Gasteiger charge is 2.24. The Balaban J connectivity index is 1.19. The molecule has 3 heterocycles. The van der Waals surface area contributed by atoms with E-state index in [4.69, 9.17) is 9.84 Å². The molecule has 3 aromatic heterocycles. The average molecular weight is 562 g/mol. The number of fused-ring (bicyclic) bond motifs is 1. The molecule has 0 atom stereocenters. The third kappa shape index (κ3) is 5.60. The first-order chi connectivity index (χ1) is 20.2. The molecule has 0 bridgehead atoms. The van der Waals surface area contributed by atoms with Gasteiger partial charge < -0.3 is 15.4 Å². The van der Waals surface area contributed by atoms with E-state index in [-0.39, 0.29) is 5.41 Å². The zero-order chi connectivity index (χ0) is 29.4. The number of aromatic nitrogens is 5. The number of hydrogen-bond acceptors (Lipinski definition) is 7. The lowest BCUT2D eigenvalue weighted by Crippen LogP contribution is -2.21. The maximum absolute atomic E-state index is 13.1. The predicted octanol–water partition coefficient (Wildman–Crippen LogP) is 6.40. The van der Waals surface area contributed by atoms with Crippen LogP contribution in [0.3, 0.4) is 0 Å². The van der Waals surface area contributed by atoms with Crippen molar-refractivity contribution in [2.45, 2.75) is 52.0 Å². The molecule has 1 saturated carbocycles. The van der Waals surface area contributed by atoms with Gasteiger partial charge in [0.2, 0.25) is 5.88 Å². The molecule has 2 amide bonds. The molecular formula is C31H31N9O2. The van der Waals surface area contributed by atoms with E-state index in [1.165, 1.54) is 0 Å². The number of rotatable bonds is 7. The van der Waals surface area contributed by atoms with Gasteiger partial charge in [-0.25, -0.2) is 19.4 Å². The minimum atomic E-state index is -0.427. The van der Waals surface area contributed by atoms with Crippen LogP contribution in [0.2, 0.25) is 0 Å². The normalized spacial score (nSPS) is 13.0. The molecule has 1 aliphatic rings. The fourth-order valence-electron chi connectivity index (χ4n) is 4.47. The number of nitriles is 1. The van der Waals surface area contributed by atoms with Crippen LogP contribution in [0.25, 0.3) is 11.3 Å². The predicted molar refractivity (Wildman–Crippen MR) is 161 cm³/mol. The summed E-state index contributed by atoms with van der Waals surface area (Å²) in [5.41, 5.74) is 3.87. The fraction of sp³-hybridized carbons (Fsp3) is 0.258. The summed E-state index contributed by atoms with van der Waals surface area (Å²) in [6, 6.07) is 16.5. The van der Waals surface area contributed by atoms with Crippen molar-refractivity contribution in [3.05, 3.63) is 83.9 Å². The van der Waals surface area contributed by atoms with Gasteiger partial charge in [0.1, 0.15) is 11.6 Å². The highest BCUT2D eigenvalue weighted by molar-refractivity contribution is 5.99. The molecule has 0 radical (unpaired) electrons. The molecule has 2 aromatic carbocycles. The summed E-state index contributed by atoms with van der Waals surface area (Å²) in [6.07, 6.45) is 7.52. The van der Waals surface area contributed by atoms with E-state index in [2.05, 4.69) is 52.8 Å². The Morgan fingerprint density at radius 3 is 2.67 bits per heavy atom. The van der Waals surface area contributed by atoms with Crippen LogP contribution in [-0.2, 0) is 5.41 Å². The number of benzene rings is 2. The van der Waals surface area contributed by atoms with E-state index in [0.29, 0.717) is 46.1 Å². The Hall–Kier alpha value is -5.37. The summed E-state index contributed by atoms with van der Waals surface area (Å²) in [5, 5.41) is 23.3. The quantitative estimate of drug-likeness (QED) is 0.209. The number of amides is 2. The van der Waals surface area contributed by atoms with Gasteiger partial charge in [-0.1, -0.05) is 26.8 Å². The first-order valence-electron chi connectivity index (χ1n) is 13.7. The van der Waals surface area contributed by atoms with Crippen molar-refractivity contribution in [3.8, 4) is 23.4 Å². The van der Waals surface area contributed by atoms with E-state index in [1.807, 2.05) is 35.7 Å². The Morgan fingerprint density at radius 2 is 1.93 bits per heavy atom. The van der Waals surface area contributed by atoms with Gasteiger partial charge in [0.25, 0.3) is 0 Å². The van der Waals surface area contributed by atoms with E-state index in [1.54, 1.807) is 47.4 Å². The zero-order valence-electron chi connectivity index (χ0n) is 23.8. The molecule has 5 aromatic rings. The van der Waals surface area contributed by atoms with Crippen LogP contribution in [0.5, 0.6) is 11.6 Å². The van der Waals surface area contributed by atoms with Crippen LogP contribution in [0, 0.1) is 18.3 Å². The Morgan fingerprint density at radius 1 is 1.10 bits per heavy atom. The minimum absolute atomic E-state index is 0.246. The molecule has 0 spiro atoms. The van der Waals surface area contributed by atoms with Crippen molar-refractivity contribution in [3.63, 3.8) is 0 Å². The molecule has 6 rings (SSSR count). The number of ether oxygens (including phenoxy) is 1. The van der Waals surface area contributed by atoms with E-state index in [0.717, 1.165) is 29.9 Å². The van der Waals surface area contributed by atoms with Gasteiger partial charge >= 0.3 is 6.03 Å². The van der Waals surface area contributed by atoms with Crippen LogP contribution in [0.15, 0.2) is 67.1 Å². The summed E-state index contributed by atoms with van der Waals surface area (Å²) in [4.78, 5) is 22.1. The molecule has 1 fully saturated rings. The number of imidazole rings is 1. The van der Waals surface area contributed by atoms with Gasteiger partial charge in [0.05, 0.1) is 29.2 Å². The summed E-state index contributed by atoms with van der Waals surface area (Å²) < 4.78 is 9.70. The summed E-state index contributed by atoms with van der Waals surface area (Å²) in [7, 11) is 0. The second-order valence-corrected chi connectivity index (χ2v) is 11.4. The maximum Gasteiger partial charge on any atom is 0.324 e. The number of aryl methyl sites for hydroxylation is 1. The highest BCUT2D eigenvalue weighted by atomic mass is 16.5. The Labute approximate surface area is 243 Å². The number of anilines is 3. The Kier molecular flexibility index (Phi) is 6.74. The smallest absolute Gasteiger partial charge is 0.324 e. The van der Waals surface area contributed by atoms with Crippen LogP contribution in [0.1, 0.15) is 50.4 Å². The summed E-state index contributed by atoms with van der Waals surface area (Å²) in [5.74, 6) is 2.39. The summed E-state index contributed by atoms with van der Waals surface area (Å²) >= 11 is 0.